The fourth-order valence-electron chi connectivity index (χ4n) is 4.52. The third-order valence-electron chi connectivity index (χ3n) is 7.07. The zero-order chi connectivity index (χ0) is 25.2. The van der Waals surface area contributed by atoms with Crippen LogP contribution in [0.4, 0.5) is 0 Å². The highest BCUT2D eigenvalue weighted by molar-refractivity contribution is 6.62. The van der Waals surface area contributed by atoms with Crippen molar-refractivity contribution in [1.29, 1.82) is 0 Å². The molecule has 1 aliphatic heterocycles. The SMILES string of the molecule is COc1ccc(-n2cccn2)c(-c2nc3cc(B4OC(C)(C)C(C)(C)O4)ccc3n2C(C)(C)C)c1. The van der Waals surface area contributed by atoms with Crippen molar-refractivity contribution in [3.8, 4) is 22.8 Å². The van der Waals surface area contributed by atoms with Crippen LogP contribution in [-0.2, 0) is 14.8 Å². The standard InChI is InChI=1S/C27H33BN4O3/c1-25(2,3)32-23-12-10-18(28-34-26(4,5)27(6,7)35-28)16-21(23)30-24(32)20-17-19(33-8)11-13-22(20)31-15-9-14-29-31/h9-17H,1-8H3. The fourth-order valence-corrected chi connectivity index (χ4v) is 4.52. The van der Waals surface area contributed by atoms with E-state index in [4.69, 9.17) is 19.0 Å². The number of methoxy groups -OCH3 is 1. The van der Waals surface area contributed by atoms with Crippen LogP contribution in [0.25, 0.3) is 28.1 Å². The van der Waals surface area contributed by atoms with E-state index in [1.165, 1.54) is 0 Å². The van der Waals surface area contributed by atoms with Gasteiger partial charge in [0.1, 0.15) is 11.6 Å². The summed E-state index contributed by atoms with van der Waals surface area (Å²) < 4.78 is 22.3. The number of hydrogen-bond acceptors (Lipinski definition) is 5. The Balaban J connectivity index is 1.70. The van der Waals surface area contributed by atoms with Gasteiger partial charge in [-0.25, -0.2) is 9.67 Å². The van der Waals surface area contributed by atoms with Crippen molar-refractivity contribution in [2.75, 3.05) is 7.11 Å². The van der Waals surface area contributed by atoms with E-state index in [0.717, 1.165) is 39.3 Å². The van der Waals surface area contributed by atoms with Crippen LogP contribution in [0.1, 0.15) is 48.5 Å². The molecule has 0 aliphatic carbocycles. The maximum Gasteiger partial charge on any atom is 0.494 e. The highest BCUT2D eigenvalue weighted by Crippen LogP contribution is 2.38. The molecule has 2 aromatic carbocycles. The van der Waals surface area contributed by atoms with Gasteiger partial charge in [-0.05, 0) is 90.3 Å². The average molecular weight is 472 g/mol. The summed E-state index contributed by atoms with van der Waals surface area (Å²) in [6, 6.07) is 14.2. The maximum atomic E-state index is 6.30. The summed E-state index contributed by atoms with van der Waals surface area (Å²) in [6.45, 7) is 14.8. The molecule has 4 aromatic rings. The minimum absolute atomic E-state index is 0.222. The van der Waals surface area contributed by atoms with Crippen LogP contribution in [0, 0.1) is 0 Å². The molecular formula is C27H33BN4O3. The molecule has 35 heavy (non-hydrogen) atoms. The highest BCUT2D eigenvalue weighted by Gasteiger charge is 2.51. The Kier molecular flexibility index (Phi) is 5.38. The second-order valence-electron chi connectivity index (χ2n) is 11.1. The van der Waals surface area contributed by atoms with Crippen molar-refractivity contribution < 1.29 is 14.0 Å². The van der Waals surface area contributed by atoms with Crippen molar-refractivity contribution in [2.45, 2.75) is 65.2 Å². The van der Waals surface area contributed by atoms with Crippen LogP contribution >= 0.6 is 0 Å². The number of imidazole rings is 1. The van der Waals surface area contributed by atoms with Crippen LogP contribution in [0.5, 0.6) is 5.75 Å². The minimum Gasteiger partial charge on any atom is -0.497 e. The molecule has 0 radical (unpaired) electrons. The van der Waals surface area contributed by atoms with Gasteiger partial charge in [0.2, 0.25) is 0 Å². The van der Waals surface area contributed by atoms with Crippen molar-refractivity contribution in [3.63, 3.8) is 0 Å². The van der Waals surface area contributed by atoms with Crippen molar-refractivity contribution in [2.24, 2.45) is 0 Å². The maximum absolute atomic E-state index is 6.30. The Bertz CT molecular complexity index is 1370. The number of benzene rings is 2. The number of fused-ring (bicyclic) bond motifs is 1. The van der Waals surface area contributed by atoms with Gasteiger partial charge in [0.15, 0.2) is 0 Å². The van der Waals surface area contributed by atoms with Crippen LogP contribution in [-0.4, -0.2) is 44.8 Å². The lowest BCUT2D eigenvalue weighted by atomic mass is 9.79. The molecule has 1 saturated heterocycles. The summed E-state index contributed by atoms with van der Waals surface area (Å²) in [5, 5.41) is 4.47. The van der Waals surface area contributed by atoms with E-state index in [9.17, 15) is 0 Å². The molecule has 8 heteroatoms. The van der Waals surface area contributed by atoms with Crippen molar-refractivity contribution >= 4 is 23.6 Å². The molecule has 0 saturated carbocycles. The Morgan fingerprint density at radius 2 is 1.69 bits per heavy atom. The quantitative estimate of drug-likeness (QED) is 0.394. The van der Waals surface area contributed by atoms with E-state index >= 15 is 0 Å². The van der Waals surface area contributed by atoms with Crippen LogP contribution in [0.2, 0.25) is 0 Å². The predicted octanol–water partition coefficient (Wildman–Crippen LogP) is 4.95. The smallest absolute Gasteiger partial charge is 0.494 e. The number of aromatic nitrogens is 4. The first kappa shape index (κ1) is 23.6. The van der Waals surface area contributed by atoms with Crippen LogP contribution in [0.15, 0.2) is 54.9 Å². The number of nitrogens with zero attached hydrogens (tertiary/aromatic N) is 4. The molecule has 2 aromatic heterocycles. The molecular weight excluding hydrogens is 439 g/mol. The molecule has 182 valence electrons. The lowest BCUT2D eigenvalue weighted by molar-refractivity contribution is 0.00578. The van der Waals surface area contributed by atoms with Crippen LogP contribution < -0.4 is 10.2 Å². The molecule has 0 atom stereocenters. The Hall–Kier alpha value is -3.10. The molecule has 1 fully saturated rings. The molecule has 1 aliphatic rings. The minimum atomic E-state index is -0.441. The van der Waals surface area contributed by atoms with Gasteiger partial charge < -0.3 is 18.6 Å². The van der Waals surface area contributed by atoms with Gasteiger partial charge in [-0.2, -0.15) is 5.10 Å². The first-order valence-electron chi connectivity index (χ1n) is 12.0. The van der Waals surface area contributed by atoms with E-state index in [2.05, 4.69) is 76.3 Å². The summed E-state index contributed by atoms with van der Waals surface area (Å²) in [5.41, 5.74) is 3.74. The largest absolute Gasteiger partial charge is 0.497 e. The van der Waals surface area contributed by atoms with Gasteiger partial charge in [0.05, 0.1) is 35.0 Å². The monoisotopic (exact) mass is 472 g/mol. The Labute approximate surface area is 207 Å². The van der Waals surface area contributed by atoms with E-state index < -0.39 is 18.3 Å². The topological polar surface area (TPSA) is 63.3 Å². The van der Waals surface area contributed by atoms with Gasteiger partial charge in [-0.15, -0.1) is 0 Å². The fraction of sp³-hybridized carbons (Fsp3) is 0.407. The lowest BCUT2D eigenvalue weighted by Gasteiger charge is -2.32. The van der Waals surface area contributed by atoms with Gasteiger partial charge in [-0.1, -0.05) is 6.07 Å². The van der Waals surface area contributed by atoms with Gasteiger partial charge in [0.25, 0.3) is 0 Å². The summed E-state index contributed by atoms with van der Waals surface area (Å²) >= 11 is 0. The summed E-state index contributed by atoms with van der Waals surface area (Å²) in [6.07, 6.45) is 3.71. The summed E-state index contributed by atoms with van der Waals surface area (Å²) in [7, 11) is 1.24. The molecule has 0 unspecified atom stereocenters. The normalized spacial score (nSPS) is 17.3. The molecule has 0 spiro atoms. The van der Waals surface area contributed by atoms with Crippen molar-refractivity contribution in [3.05, 3.63) is 54.9 Å². The zero-order valence-electron chi connectivity index (χ0n) is 21.8. The zero-order valence-corrected chi connectivity index (χ0v) is 21.8. The second kappa shape index (κ2) is 7.97. The molecule has 5 rings (SSSR count). The van der Waals surface area contributed by atoms with E-state index in [-0.39, 0.29) is 5.54 Å². The van der Waals surface area contributed by atoms with Gasteiger partial charge >= 0.3 is 7.12 Å². The second-order valence-corrected chi connectivity index (χ2v) is 11.1. The molecule has 0 bridgehead atoms. The van der Waals surface area contributed by atoms with Gasteiger partial charge in [-0.3, -0.25) is 0 Å². The Morgan fingerprint density at radius 1 is 0.971 bits per heavy atom. The number of rotatable bonds is 4. The molecule has 3 heterocycles. The van der Waals surface area contributed by atoms with E-state index in [1.807, 2.05) is 35.1 Å². The number of ether oxygens (including phenoxy) is 1. The lowest BCUT2D eigenvalue weighted by Crippen LogP contribution is -2.41. The molecule has 7 nitrogen and oxygen atoms in total. The van der Waals surface area contributed by atoms with Gasteiger partial charge in [0, 0.05) is 23.5 Å². The first-order chi connectivity index (χ1) is 16.4. The molecule has 0 N–H and O–H groups in total. The summed E-state index contributed by atoms with van der Waals surface area (Å²) in [5.74, 6) is 1.62. The summed E-state index contributed by atoms with van der Waals surface area (Å²) in [4.78, 5) is 5.16. The highest BCUT2D eigenvalue weighted by atomic mass is 16.7. The predicted molar refractivity (Wildman–Crippen MR) is 140 cm³/mol. The third-order valence-corrected chi connectivity index (χ3v) is 7.07. The number of hydrogen-bond donors (Lipinski definition) is 0. The Morgan fingerprint density at radius 3 is 2.29 bits per heavy atom. The third kappa shape index (κ3) is 3.94. The van der Waals surface area contributed by atoms with Crippen molar-refractivity contribution in [1.82, 2.24) is 19.3 Å². The van der Waals surface area contributed by atoms with E-state index in [1.54, 1.807) is 13.3 Å². The van der Waals surface area contributed by atoms with E-state index in [0.29, 0.717) is 0 Å². The average Bonchev–Trinajstić information content (AvgIpc) is 3.49. The first-order valence-corrected chi connectivity index (χ1v) is 12.0. The molecule has 0 amide bonds. The van der Waals surface area contributed by atoms with Crippen LogP contribution in [0.3, 0.4) is 0 Å².